The van der Waals surface area contributed by atoms with Gasteiger partial charge in [-0.15, -0.1) is 0 Å². The Morgan fingerprint density at radius 3 is 2.22 bits per heavy atom. The maximum absolute atomic E-state index is 12.9. The second-order valence-corrected chi connectivity index (χ2v) is 22.6. The second kappa shape index (κ2) is 28.9. The lowest BCUT2D eigenvalue weighted by atomic mass is 9.47. The first-order chi connectivity index (χ1) is 30.6. The SMILES string of the molecule is CCCCCCCC/C=C\CCCCCCCCOCC(CN1CCCCC1)OCCOC(=O)COC1CC[C@@]2(C)C(=CCC3[C@@H]2CC[C@]2(C)C([C@@H](C)CCCC(C)C)CC[C@@H]32)C1. The molecule has 0 bridgehead atoms. The van der Waals surface area contributed by atoms with Gasteiger partial charge in [-0.3, -0.25) is 0 Å². The minimum Gasteiger partial charge on any atom is -0.462 e. The van der Waals surface area contributed by atoms with Crippen LogP contribution in [0.1, 0.15) is 221 Å². The van der Waals surface area contributed by atoms with Crippen molar-refractivity contribution in [3.63, 3.8) is 0 Å². The summed E-state index contributed by atoms with van der Waals surface area (Å²) in [5.41, 5.74) is 2.44. The topological polar surface area (TPSA) is 57.2 Å². The van der Waals surface area contributed by atoms with E-state index >= 15 is 0 Å². The third-order valence-corrected chi connectivity index (χ3v) is 17.4. The van der Waals surface area contributed by atoms with E-state index in [1.807, 2.05) is 0 Å². The molecule has 5 aliphatic rings. The van der Waals surface area contributed by atoms with E-state index in [9.17, 15) is 4.79 Å². The predicted molar refractivity (Wildman–Crippen MR) is 264 cm³/mol. The molecule has 3 saturated carbocycles. The van der Waals surface area contributed by atoms with Gasteiger partial charge in [-0.1, -0.05) is 149 Å². The average Bonchev–Trinajstić information content (AvgIpc) is 3.64. The van der Waals surface area contributed by atoms with Crippen LogP contribution in [-0.4, -0.2) is 75.7 Å². The van der Waals surface area contributed by atoms with E-state index in [0.29, 0.717) is 24.0 Å². The summed E-state index contributed by atoms with van der Waals surface area (Å²) in [5.74, 6) is 4.84. The molecule has 0 aromatic carbocycles. The molecule has 9 atom stereocenters. The molecule has 0 aromatic rings. The van der Waals surface area contributed by atoms with Crippen LogP contribution in [0.2, 0.25) is 0 Å². The van der Waals surface area contributed by atoms with E-state index in [1.165, 1.54) is 161 Å². The van der Waals surface area contributed by atoms with Crippen LogP contribution in [0.25, 0.3) is 0 Å². The van der Waals surface area contributed by atoms with Crippen molar-refractivity contribution in [2.45, 2.75) is 234 Å². The lowest BCUT2D eigenvalue weighted by molar-refractivity contribution is -0.154. The largest absolute Gasteiger partial charge is 0.462 e. The van der Waals surface area contributed by atoms with E-state index in [-0.39, 0.29) is 31.4 Å². The molecule has 1 aliphatic heterocycles. The highest BCUT2D eigenvalue weighted by Gasteiger charge is 2.59. The number of nitrogens with zero attached hydrogens (tertiary/aromatic N) is 1. The minimum atomic E-state index is -0.269. The predicted octanol–water partition coefficient (Wildman–Crippen LogP) is 14.9. The Balaban J connectivity index is 0.928. The zero-order valence-corrected chi connectivity index (χ0v) is 42.3. The summed E-state index contributed by atoms with van der Waals surface area (Å²) in [6.45, 7) is 20.2. The number of carbonyl (C=O) groups excluding carboxylic acids is 1. The van der Waals surface area contributed by atoms with Crippen molar-refractivity contribution in [2.75, 3.05) is 52.7 Å². The summed E-state index contributed by atoms with van der Waals surface area (Å²) in [6, 6.07) is 0. The van der Waals surface area contributed by atoms with Gasteiger partial charge in [0, 0.05) is 13.2 Å². The van der Waals surface area contributed by atoms with Gasteiger partial charge in [0.15, 0.2) is 0 Å². The van der Waals surface area contributed by atoms with Crippen LogP contribution in [0.5, 0.6) is 0 Å². The lowest BCUT2D eigenvalue weighted by Crippen LogP contribution is -2.51. The van der Waals surface area contributed by atoms with Gasteiger partial charge < -0.3 is 23.8 Å². The monoisotopic (exact) mass is 880 g/mol. The zero-order valence-electron chi connectivity index (χ0n) is 42.3. The Morgan fingerprint density at radius 2 is 1.49 bits per heavy atom. The van der Waals surface area contributed by atoms with Crippen LogP contribution >= 0.6 is 0 Å². The number of likely N-dealkylation sites (tertiary alicyclic amines) is 1. The van der Waals surface area contributed by atoms with Gasteiger partial charge in [0.2, 0.25) is 0 Å². The normalized spacial score (nSPS) is 29.6. The van der Waals surface area contributed by atoms with Crippen LogP contribution in [0.15, 0.2) is 23.8 Å². The van der Waals surface area contributed by atoms with Gasteiger partial charge >= 0.3 is 5.97 Å². The smallest absolute Gasteiger partial charge is 0.332 e. The molecular weight excluding hydrogens is 779 g/mol. The number of piperidine rings is 1. The summed E-state index contributed by atoms with van der Waals surface area (Å²) >= 11 is 0. The van der Waals surface area contributed by atoms with Gasteiger partial charge in [-0.05, 0) is 156 Å². The van der Waals surface area contributed by atoms with Crippen LogP contribution in [0.3, 0.4) is 0 Å². The Morgan fingerprint density at radius 1 is 0.778 bits per heavy atom. The maximum Gasteiger partial charge on any atom is 0.332 e. The molecule has 4 fully saturated rings. The number of unbranched alkanes of at least 4 members (excludes halogenated alkanes) is 12. The summed E-state index contributed by atoms with van der Waals surface area (Å²) in [4.78, 5) is 15.4. The third-order valence-electron chi connectivity index (χ3n) is 17.4. The van der Waals surface area contributed by atoms with Crippen molar-refractivity contribution in [1.29, 1.82) is 0 Å². The molecule has 6 nitrogen and oxygen atoms in total. The fourth-order valence-corrected chi connectivity index (χ4v) is 13.6. The molecule has 0 amide bonds. The van der Waals surface area contributed by atoms with Gasteiger partial charge in [-0.2, -0.15) is 0 Å². The molecule has 0 aromatic heterocycles. The van der Waals surface area contributed by atoms with Gasteiger partial charge in [0.05, 0.1) is 25.4 Å². The number of rotatable bonds is 32. The number of esters is 1. The molecule has 63 heavy (non-hydrogen) atoms. The third kappa shape index (κ3) is 17.1. The molecule has 0 N–H and O–H groups in total. The van der Waals surface area contributed by atoms with Crippen molar-refractivity contribution in [1.82, 2.24) is 4.90 Å². The molecule has 4 aliphatic carbocycles. The highest BCUT2D eigenvalue weighted by molar-refractivity contribution is 5.70. The quantitative estimate of drug-likeness (QED) is 0.0381. The molecule has 4 unspecified atom stereocenters. The second-order valence-electron chi connectivity index (χ2n) is 22.6. The number of hydrogen-bond acceptors (Lipinski definition) is 6. The first-order valence-electron chi connectivity index (χ1n) is 27.7. The summed E-state index contributed by atoms with van der Waals surface area (Å²) < 4.78 is 24.4. The maximum atomic E-state index is 12.9. The molecule has 5 rings (SSSR count). The van der Waals surface area contributed by atoms with E-state index in [1.54, 1.807) is 5.57 Å². The minimum absolute atomic E-state index is 0.00297. The standard InChI is InChI=1S/C57H101NO5/c1-7-8-9-10-11-12-13-14-15-16-17-18-19-20-21-25-39-60-44-50(43-58-37-23-22-24-38-58)61-40-41-62-55(59)45-63-49-33-35-56(5)48(42-49)29-30-51-53-32-31-52(47(4)28-26-27-46(2)3)57(53,6)36-34-54(51)56/h14-15,29,46-47,49-54H,7-13,16-28,30-45H2,1-6H3/b15-14-/t47-,49?,50?,51?,52?,53-,54-,56-,57+/m0/s1. The van der Waals surface area contributed by atoms with Gasteiger partial charge in [-0.25, -0.2) is 4.79 Å². The van der Waals surface area contributed by atoms with Crippen LogP contribution in [-0.2, 0) is 23.7 Å². The Kier molecular flexibility index (Phi) is 24.2. The van der Waals surface area contributed by atoms with E-state index < -0.39 is 0 Å². The molecule has 1 heterocycles. The van der Waals surface area contributed by atoms with Crippen molar-refractivity contribution in [2.24, 2.45) is 46.3 Å². The highest BCUT2D eigenvalue weighted by atomic mass is 16.6. The fraction of sp³-hybridized carbons (Fsp3) is 0.912. The van der Waals surface area contributed by atoms with E-state index in [0.717, 1.165) is 81.0 Å². The highest BCUT2D eigenvalue weighted by Crippen LogP contribution is 2.67. The van der Waals surface area contributed by atoms with Crippen molar-refractivity contribution < 1.29 is 23.7 Å². The first kappa shape index (κ1) is 52.8. The Bertz CT molecular complexity index is 1310. The first-order valence-corrected chi connectivity index (χ1v) is 27.7. The molecule has 1 saturated heterocycles. The van der Waals surface area contributed by atoms with Gasteiger partial charge in [0.1, 0.15) is 13.2 Å². The van der Waals surface area contributed by atoms with Crippen molar-refractivity contribution in [3.05, 3.63) is 23.8 Å². The Labute approximate surface area is 389 Å². The summed E-state index contributed by atoms with van der Waals surface area (Å²) in [5, 5.41) is 0. The molecule has 364 valence electrons. The van der Waals surface area contributed by atoms with Crippen LogP contribution < -0.4 is 0 Å². The van der Waals surface area contributed by atoms with Crippen molar-refractivity contribution in [3.8, 4) is 0 Å². The molecule has 6 heteroatoms. The number of carbonyl (C=O) groups is 1. The zero-order chi connectivity index (χ0) is 44.8. The Hall–Kier alpha value is -1.21. The van der Waals surface area contributed by atoms with Crippen LogP contribution in [0.4, 0.5) is 0 Å². The number of fused-ring (bicyclic) bond motifs is 5. The van der Waals surface area contributed by atoms with E-state index in [2.05, 4.69) is 64.7 Å². The summed E-state index contributed by atoms with van der Waals surface area (Å²) in [6.07, 6.45) is 44.2. The van der Waals surface area contributed by atoms with Crippen LogP contribution in [0, 0.1) is 46.3 Å². The molecule has 0 radical (unpaired) electrons. The van der Waals surface area contributed by atoms with Crippen molar-refractivity contribution >= 4 is 5.97 Å². The molecular formula is C57H101NO5. The number of hydrogen-bond donors (Lipinski definition) is 0. The fourth-order valence-electron chi connectivity index (χ4n) is 13.6. The lowest BCUT2D eigenvalue weighted by Gasteiger charge is -2.58. The van der Waals surface area contributed by atoms with Gasteiger partial charge in [0.25, 0.3) is 0 Å². The summed E-state index contributed by atoms with van der Waals surface area (Å²) in [7, 11) is 0. The van der Waals surface area contributed by atoms with E-state index in [4.69, 9.17) is 18.9 Å². The molecule has 0 spiro atoms. The average molecular weight is 880 g/mol. The number of allylic oxidation sites excluding steroid dienone is 3. The number of ether oxygens (including phenoxy) is 4.